The zero-order valence-corrected chi connectivity index (χ0v) is 21.9. The molecule has 0 atom stereocenters. The molecule has 0 aliphatic rings. The van der Waals surface area contributed by atoms with Gasteiger partial charge in [0, 0.05) is 16.7 Å². The maximum absolute atomic E-state index is 14.6. The van der Waals surface area contributed by atoms with E-state index in [4.69, 9.17) is 9.72 Å². The second-order valence-electron chi connectivity index (χ2n) is 9.62. The molecule has 0 N–H and O–H groups in total. The van der Waals surface area contributed by atoms with E-state index in [0.29, 0.717) is 28.1 Å². The van der Waals surface area contributed by atoms with Gasteiger partial charge in [-0.1, -0.05) is 66.2 Å². The average molecular weight is 554 g/mol. The number of ether oxygens (including phenoxy) is 1. The number of halogens is 4. The van der Waals surface area contributed by atoms with Gasteiger partial charge in [0.2, 0.25) is 0 Å². The second kappa shape index (κ2) is 10.5. The molecule has 4 aromatic carbocycles. The number of aromatic nitrogens is 3. The molecule has 0 aliphatic heterocycles. The van der Waals surface area contributed by atoms with Crippen molar-refractivity contribution >= 4 is 11.0 Å². The third kappa shape index (κ3) is 5.28. The summed E-state index contributed by atoms with van der Waals surface area (Å²) < 4.78 is 65.0. The van der Waals surface area contributed by atoms with E-state index in [-0.39, 0.29) is 34.8 Å². The largest absolute Gasteiger partial charge is 0.489 e. The van der Waals surface area contributed by atoms with Gasteiger partial charge in [0.05, 0.1) is 22.3 Å². The first kappa shape index (κ1) is 26.3. The Hall–Kier alpha value is -4.98. The van der Waals surface area contributed by atoms with E-state index in [0.717, 1.165) is 11.6 Å². The highest BCUT2D eigenvalue weighted by atomic mass is 19.4. The molecule has 0 spiro atoms. The molecule has 0 amide bonds. The van der Waals surface area contributed by atoms with Crippen molar-refractivity contribution in [2.75, 3.05) is 0 Å². The second-order valence-corrected chi connectivity index (χ2v) is 9.62. The summed E-state index contributed by atoms with van der Waals surface area (Å²) in [7, 11) is 0. The fourth-order valence-corrected chi connectivity index (χ4v) is 4.65. The molecule has 2 aromatic heterocycles. The molecule has 2 heterocycles. The number of nitrogens with zero attached hydrogens (tertiary/aromatic N) is 3. The van der Waals surface area contributed by atoms with Crippen molar-refractivity contribution < 1.29 is 22.3 Å². The zero-order valence-electron chi connectivity index (χ0n) is 21.9. The molecule has 41 heavy (non-hydrogen) atoms. The first-order valence-electron chi connectivity index (χ1n) is 12.9. The maximum Gasteiger partial charge on any atom is 0.417 e. The first-order chi connectivity index (χ1) is 19.8. The van der Waals surface area contributed by atoms with Crippen LogP contribution in [0.25, 0.3) is 39.2 Å². The Morgan fingerprint density at radius 2 is 1.44 bits per heavy atom. The molecule has 204 valence electrons. The van der Waals surface area contributed by atoms with Crippen LogP contribution < -0.4 is 4.74 Å². The summed E-state index contributed by atoms with van der Waals surface area (Å²) in [5.41, 5.74) is 2.61. The molecule has 6 rings (SSSR count). The Morgan fingerprint density at radius 3 is 2.12 bits per heavy atom. The van der Waals surface area contributed by atoms with E-state index in [2.05, 4.69) is 5.10 Å². The van der Waals surface area contributed by atoms with E-state index in [1.165, 1.54) is 10.7 Å². The number of alkyl halides is 3. The number of rotatable bonds is 6. The van der Waals surface area contributed by atoms with Crippen molar-refractivity contribution in [1.29, 1.82) is 0 Å². The predicted octanol–water partition coefficient (Wildman–Crippen LogP) is 8.80. The van der Waals surface area contributed by atoms with Gasteiger partial charge in [-0.05, 0) is 55.5 Å². The van der Waals surface area contributed by atoms with Crippen molar-refractivity contribution in [3.05, 3.63) is 132 Å². The van der Waals surface area contributed by atoms with Crippen molar-refractivity contribution in [2.24, 2.45) is 0 Å². The fourth-order valence-electron chi connectivity index (χ4n) is 4.65. The van der Waals surface area contributed by atoms with Crippen molar-refractivity contribution in [2.45, 2.75) is 19.7 Å². The van der Waals surface area contributed by atoms with Crippen LogP contribution in [0.15, 0.2) is 109 Å². The highest BCUT2D eigenvalue weighted by Crippen LogP contribution is 2.41. The Balaban J connectivity index is 1.47. The minimum absolute atomic E-state index is 0.0203. The van der Waals surface area contributed by atoms with Gasteiger partial charge in [-0.15, -0.1) is 0 Å². The SMILES string of the molecule is Cc1ccc(-c2nn(-c3ccccc3)c3nc(-c4ccc(OCc5ccccc5F)cc4)cc(C(F)(F)F)c23)cc1. The van der Waals surface area contributed by atoms with Crippen LogP contribution in [0.3, 0.4) is 0 Å². The fraction of sp³-hybridized carbons (Fsp3) is 0.0909. The molecule has 8 heteroatoms. The van der Waals surface area contributed by atoms with Gasteiger partial charge in [-0.2, -0.15) is 18.3 Å². The first-order valence-corrected chi connectivity index (χ1v) is 12.9. The third-order valence-electron chi connectivity index (χ3n) is 6.77. The molecular formula is C33H23F4N3O. The van der Waals surface area contributed by atoms with E-state index in [9.17, 15) is 17.6 Å². The quantitative estimate of drug-likeness (QED) is 0.194. The van der Waals surface area contributed by atoms with Crippen molar-refractivity contribution in [3.63, 3.8) is 0 Å². The number of para-hydroxylation sites is 1. The van der Waals surface area contributed by atoms with Crippen LogP contribution in [0.4, 0.5) is 17.6 Å². The molecule has 0 unspecified atom stereocenters. The average Bonchev–Trinajstić information content (AvgIpc) is 3.36. The van der Waals surface area contributed by atoms with Crippen LogP contribution in [0, 0.1) is 12.7 Å². The lowest BCUT2D eigenvalue weighted by Crippen LogP contribution is -2.08. The molecule has 0 aliphatic carbocycles. The smallest absolute Gasteiger partial charge is 0.417 e. The van der Waals surface area contributed by atoms with Gasteiger partial charge < -0.3 is 4.74 Å². The molecule has 0 bridgehead atoms. The summed E-state index contributed by atoms with van der Waals surface area (Å²) >= 11 is 0. The van der Waals surface area contributed by atoms with Crippen LogP contribution in [0.5, 0.6) is 5.75 Å². The number of hydrogen-bond donors (Lipinski definition) is 0. The van der Waals surface area contributed by atoms with E-state index in [1.54, 1.807) is 78.9 Å². The summed E-state index contributed by atoms with van der Waals surface area (Å²) in [6.45, 7) is 1.93. The molecule has 6 aromatic rings. The number of hydrogen-bond acceptors (Lipinski definition) is 3. The number of benzene rings is 4. The van der Waals surface area contributed by atoms with Gasteiger partial charge in [-0.3, -0.25) is 0 Å². The van der Waals surface area contributed by atoms with Crippen LogP contribution in [0.1, 0.15) is 16.7 Å². The van der Waals surface area contributed by atoms with Gasteiger partial charge in [0.15, 0.2) is 5.65 Å². The number of aryl methyl sites for hydroxylation is 1. The van der Waals surface area contributed by atoms with Crippen molar-refractivity contribution in [1.82, 2.24) is 14.8 Å². The highest BCUT2D eigenvalue weighted by molar-refractivity contribution is 5.96. The molecule has 4 nitrogen and oxygen atoms in total. The molecule has 0 saturated carbocycles. The van der Waals surface area contributed by atoms with E-state index >= 15 is 0 Å². The minimum Gasteiger partial charge on any atom is -0.489 e. The number of fused-ring (bicyclic) bond motifs is 1. The van der Waals surface area contributed by atoms with E-state index < -0.39 is 11.7 Å². The Bertz CT molecular complexity index is 1830. The summed E-state index contributed by atoms with van der Waals surface area (Å²) in [5.74, 6) is 0.0754. The lowest BCUT2D eigenvalue weighted by atomic mass is 10.0. The molecule has 0 fully saturated rings. The van der Waals surface area contributed by atoms with Gasteiger partial charge in [0.25, 0.3) is 0 Å². The summed E-state index contributed by atoms with van der Waals surface area (Å²) in [5, 5.41) is 4.58. The lowest BCUT2D eigenvalue weighted by Gasteiger charge is -2.13. The predicted molar refractivity (Wildman–Crippen MR) is 150 cm³/mol. The Labute approximate surface area is 233 Å². The van der Waals surface area contributed by atoms with Gasteiger partial charge >= 0.3 is 6.18 Å². The van der Waals surface area contributed by atoms with Crippen LogP contribution in [0.2, 0.25) is 0 Å². The van der Waals surface area contributed by atoms with Crippen LogP contribution in [-0.2, 0) is 12.8 Å². The summed E-state index contributed by atoms with van der Waals surface area (Å²) in [6.07, 6.45) is -4.66. The number of pyridine rings is 1. The summed E-state index contributed by atoms with van der Waals surface area (Å²) in [4.78, 5) is 4.70. The normalized spacial score (nSPS) is 11.6. The minimum atomic E-state index is -4.66. The molecule has 0 radical (unpaired) electrons. The highest BCUT2D eigenvalue weighted by Gasteiger charge is 2.36. The van der Waals surface area contributed by atoms with Gasteiger partial charge in [0.1, 0.15) is 23.9 Å². The topological polar surface area (TPSA) is 39.9 Å². The maximum atomic E-state index is 14.6. The van der Waals surface area contributed by atoms with Crippen LogP contribution in [-0.4, -0.2) is 14.8 Å². The lowest BCUT2D eigenvalue weighted by molar-refractivity contribution is -0.136. The molecular weight excluding hydrogens is 530 g/mol. The zero-order chi connectivity index (χ0) is 28.6. The van der Waals surface area contributed by atoms with Crippen LogP contribution >= 0.6 is 0 Å². The molecule has 0 saturated heterocycles. The third-order valence-corrected chi connectivity index (χ3v) is 6.77. The monoisotopic (exact) mass is 553 g/mol. The van der Waals surface area contributed by atoms with Crippen molar-refractivity contribution in [3.8, 4) is 34.0 Å². The standard InChI is InChI=1S/C33H23F4N3O/c1-21-11-13-23(14-12-21)31-30-27(33(35,36)37)19-29(38-32(30)40(39-31)25-8-3-2-4-9-25)22-15-17-26(18-16-22)41-20-24-7-5-6-10-28(24)34/h2-19H,20H2,1H3. The van der Waals surface area contributed by atoms with Gasteiger partial charge in [-0.25, -0.2) is 14.1 Å². The van der Waals surface area contributed by atoms with E-state index in [1.807, 2.05) is 25.1 Å². The Kier molecular flexibility index (Phi) is 6.75. The Morgan fingerprint density at radius 1 is 0.780 bits per heavy atom. The summed E-state index contributed by atoms with van der Waals surface area (Å²) in [6, 6.07) is 30.0.